The molecule has 0 saturated heterocycles. The second-order valence-corrected chi connectivity index (χ2v) is 5.16. The van der Waals surface area contributed by atoms with Gasteiger partial charge in [-0.25, -0.2) is 4.79 Å². The van der Waals surface area contributed by atoms with Gasteiger partial charge in [0, 0.05) is 0 Å². The van der Waals surface area contributed by atoms with Gasteiger partial charge in [0.2, 0.25) is 0 Å². The maximum absolute atomic E-state index is 11.4. The standard InChI is InChI=1S/C12H15BrO3/c1-12(2,3)16-11(14)8-15-10-7-5-4-6-9(10)13/h4-7H,8H2,1-3H3. The van der Waals surface area contributed by atoms with E-state index in [1.54, 1.807) is 6.07 Å². The zero-order chi connectivity index (χ0) is 12.2. The maximum atomic E-state index is 11.4. The smallest absolute Gasteiger partial charge is 0.344 e. The van der Waals surface area contributed by atoms with Gasteiger partial charge in [-0.2, -0.15) is 0 Å². The van der Waals surface area contributed by atoms with E-state index in [2.05, 4.69) is 15.9 Å². The minimum Gasteiger partial charge on any atom is -0.481 e. The summed E-state index contributed by atoms with van der Waals surface area (Å²) in [5.74, 6) is 0.261. The normalized spacial score (nSPS) is 11.0. The Morgan fingerprint density at radius 2 is 1.94 bits per heavy atom. The molecule has 0 fully saturated rings. The Morgan fingerprint density at radius 3 is 2.50 bits per heavy atom. The van der Waals surface area contributed by atoms with Crippen molar-refractivity contribution in [1.29, 1.82) is 0 Å². The zero-order valence-electron chi connectivity index (χ0n) is 9.62. The Bertz CT molecular complexity index is 369. The van der Waals surface area contributed by atoms with Crippen molar-refractivity contribution in [2.45, 2.75) is 26.4 Å². The number of carbonyl (C=O) groups excluding carboxylic acids is 1. The van der Waals surface area contributed by atoms with Crippen LogP contribution in [-0.2, 0) is 9.53 Å². The van der Waals surface area contributed by atoms with Crippen molar-refractivity contribution in [2.75, 3.05) is 6.61 Å². The highest BCUT2D eigenvalue weighted by Crippen LogP contribution is 2.23. The highest BCUT2D eigenvalue weighted by atomic mass is 79.9. The number of esters is 1. The molecule has 1 aromatic rings. The Balaban J connectivity index is 2.47. The first kappa shape index (κ1) is 13.0. The lowest BCUT2D eigenvalue weighted by Crippen LogP contribution is -2.27. The van der Waals surface area contributed by atoms with Crippen molar-refractivity contribution in [3.8, 4) is 5.75 Å². The summed E-state index contributed by atoms with van der Waals surface area (Å²) in [5, 5.41) is 0. The summed E-state index contributed by atoms with van der Waals surface area (Å²) < 4.78 is 11.3. The molecule has 0 aromatic heterocycles. The molecule has 4 heteroatoms. The molecule has 0 N–H and O–H groups in total. The number of halogens is 1. The average molecular weight is 287 g/mol. The van der Waals surface area contributed by atoms with Crippen LogP contribution >= 0.6 is 15.9 Å². The number of carbonyl (C=O) groups is 1. The van der Waals surface area contributed by atoms with Crippen LogP contribution in [0.5, 0.6) is 5.75 Å². The first-order chi connectivity index (χ1) is 7.38. The van der Waals surface area contributed by atoms with E-state index < -0.39 is 5.60 Å². The second kappa shape index (κ2) is 5.34. The number of para-hydroxylation sites is 1. The van der Waals surface area contributed by atoms with Crippen LogP contribution in [0.2, 0.25) is 0 Å². The van der Waals surface area contributed by atoms with Gasteiger partial charge in [-0.15, -0.1) is 0 Å². The van der Waals surface area contributed by atoms with E-state index in [9.17, 15) is 4.79 Å². The third kappa shape index (κ3) is 4.66. The number of benzene rings is 1. The van der Waals surface area contributed by atoms with Gasteiger partial charge in [0.05, 0.1) is 4.47 Å². The lowest BCUT2D eigenvalue weighted by atomic mass is 10.2. The van der Waals surface area contributed by atoms with Gasteiger partial charge in [0.15, 0.2) is 6.61 Å². The molecule has 16 heavy (non-hydrogen) atoms. The van der Waals surface area contributed by atoms with Crippen molar-refractivity contribution in [3.63, 3.8) is 0 Å². The molecule has 88 valence electrons. The van der Waals surface area contributed by atoms with Crippen molar-refractivity contribution in [2.24, 2.45) is 0 Å². The summed E-state index contributed by atoms with van der Waals surface area (Å²) in [4.78, 5) is 11.4. The monoisotopic (exact) mass is 286 g/mol. The Hall–Kier alpha value is -1.03. The van der Waals surface area contributed by atoms with Gasteiger partial charge in [0.1, 0.15) is 11.4 Å². The Labute approximate surface area is 104 Å². The number of ether oxygens (including phenoxy) is 2. The highest BCUT2D eigenvalue weighted by Gasteiger charge is 2.16. The molecule has 0 atom stereocenters. The molecule has 0 spiro atoms. The first-order valence-electron chi connectivity index (χ1n) is 4.98. The lowest BCUT2D eigenvalue weighted by Gasteiger charge is -2.19. The number of rotatable bonds is 3. The topological polar surface area (TPSA) is 35.5 Å². The molecule has 0 unspecified atom stereocenters. The molecule has 0 aliphatic heterocycles. The minimum absolute atomic E-state index is 0.0834. The first-order valence-corrected chi connectivity index (χ1v) is 5.77. The number of hydrogen-bond acceptors (Lipinski definition) is 3. The van der Waals surface area contributed by atoms with Crippen LogP contribution in [-0.4, -0.2) is 18.2 Å². The summed E-state index contributed by atoms with van der Waals surface area (Å²) >= 11 is 3.33. The van der Waals surface area contributed by atoms with Crippen molar-refractivity contribution in [3.05, 3.63) is 28.7 Å². The van der Waals surface area contributed by atoms with Crippen molar-refractivity contribution < 1.29 is 14.3 Å². The maximum Gasteiger partial charge on any atom is 0.344 e. The van der Waals surface area contributed by atoms with Crippen LogP contribution in [0.4, 0.5) is 0 Å². The van der Waals surface area contributed by atoms with E-state index >= 15 is 0 Å². The fraction of sp³-hybridized carbons (Fsp3) is 0.417. The molecular formula is C12H15BrO3. The molecule has 1 aromatic carbocycles. The van der Waals surface area contributed by atoms with Gasteiger partial charge in [0.25, 0.3) is 0 Å². The third-order valence-corrected chi connectivity index (χ3v) is 2.26. The van der Waals surface area contributed by atoms with Crippen molar-refractivity contribution >= 4 is 21.9 Å². The van der Waals surface area contributed by atoms with Gasteiger partial charge in [-0.1, -0.05) is 12.1 Å². The van der Waals surface area contributed by atoms with E-state index in [-0.39, 0.29) is 12.6 Å². The third-order valence-electron chi connectivity index (χ3n) is 1.60. The molecule has 1 rings (SSSR count). The van der Waals surface area contributed by atoms with Crippen LogP contribution in [0, 0.1) is 0 Å². The fourth-order valence-corrected chi connectivity index (χ4v) is 1.47. The van der Waals surface area contributed by atoms with Crippen LogP contribution in [0.3, 0.4) is 0 Å². The molecule has 0 amide bonds. The van der Waals surface area contributed by atoms with E-state index in [0.29, 0.717) is 5.75 Å². The predicted molar refractivity (Wildman–Crippen MR) is 65.5 cm³/mol. The molecule has 3 nitrogen and oxygen atoms in total. The van der Waals surface area contributed by atoms with Gasteiger partial charge < -0.3 is 9.47 Å². The van der Waals surface area contributed by atoms with E-state index in [0.717, 1.165) is 4.47 Å². The summed E-state index contributed by atoms with van der Waals surface area (Å²) in [5.41, 5.74) is -0.478. The highest BCUT2D eigenvalue weighted by molar-refractivity contribution is 9.10. The summed E-state index contributed by atoms with van der Waals surface area (Å²) in [6, 6.07) is 7.36. The largest absolute Gasteiger partial charge is 0.481 e. The molecular weight excluding hydrogens is 272 g/mol. The van der Waals surface area contributed by atoms with E-state index in [4.69, 9.17) is 9.47 Å². The summed E-state index contributed by atoms with van der Waals surface area (Å²) in [6.45, 7) is 5.38. The molecule has 0 bridgehead atoms. The Morgan fingerprint density at radius 1 is 1.31 bits per heavy atom. The van der Waals surface area contributed by atoms with Gasteiger partial charge in [-0.05, 0) is 48.8 Å². The van der Waals surface area contributed by atoms with Crippen LogP contribution in [0.1, 0.15) is 20.8 Å². The molecule has 0 aliphatic rings. The second-order valence-electron chi connectivity index (χ2n) is 4.31. The number of hydrogen-bond donors (Lipinski definition) is 0. The molecule has 0 radical (unpaired) electrons. The SMILES string of the molecule is CC(C)(C)OC(=O)COc1ccccc1Br. The van der Waals surface area contributed by atoms with Gasteiger partial charge in [-0.3, -0.25) is 0 Å². The van der Waals surface area contributed by atoms with Crippen LogP contribution in [0.25, 0.3) is 0 Å². The van der Waals surface area contributed by atoms with Gasteiger partial charge >= 0.3 is 5.97 Å². The Kier molecular flexibility index (Phi) is 4.35. The minimum atomic E-state index is -0.478. The molecule has 0 aliphatic carbocycles. The molecule has 0 heterocycles. The van der Waals surface area contributed by atoms with Crippen LogP contribution < -0.4 is 4.74 Å². The van der Waals surface area contributed by atoms with E-state index in [1.165, 1.54) is 0 Å². The summed E-state index contributed by atoms with van der Waals surface area (Å²) in [6.07, 6.45) is 0. The van der Waals surface area contributed by atoms with E-state index in [1.807, 2.05) is 39.0 Å². The zero-order valence-corrected chi connectivity index (χ0v) is 11.2. The van der Waals surface area contributed by atoms with Crippen molar-refractivity contribution in [1.82, 2.24) is 0 Å². The predicted octanol–water partition coefficient (Wildman–Crippen LogP) is 3.17. The fourth-order valence-electron chi connectivity index (χ4n) is 1.07. The lowest BCUT2D eigenvalue weighted by molar-refractivity contribution is -0.157. The average Bonchev–Trinajstić information content (AvgIpc) is 2.14. The molecule has 0 saturated carbocycles. The summed E-state index contributed by atoms with van der Waals surface area (Å²) in [7, 11) is 0. The quantitative estimate of drug-likeness (QED) is 0.801. The van der Waals surface area contributed by atoms with Crippen LogP contribution in [0.15, 0.2) is 28.7 Å².